The molecule has 0 fully saturated rings. The molecule has 37 heavy (non-hydrogen) atoms. The molecule has 5 unspecified atom stereocenters. The minimum absolute atomic E-state index is 0.210. The molecule has 1 aromatic rings. The number of nitrogens with one attached hydrogen (secondary N) is 4. The monoisotopic (exact) mass is 524 g/mol. The summed E-state index contributed by atoms with van der Waals surface area (Å²) >= 11 is 0. The van der Waals surface area contributed by atoms with Crippen molar-refractivity contribution in [1.82, 2.24) is 25.9 Å². The van der Waals surface area contributed by atoms with Crippen molar-refractivity contribution < 1.29 is 24.3 Å². The average Bonchev–Trinajstić information content (AvgIpc) is 3.38. The highest BCUT2D eigenvalue weighted by molar-refractivity contribution is 5.94. The van der Waals surface area contributed by atoms with Gasteiger partial charge in [-0.25, -0.2) is 9.78 Å². The summed E-state index contributed by atoms with van der Waals surface area (Å²) in [5.41, 5.74) is 17.8. The Morgan fingerprint density at radius 1 is 0.946 bits per heavy atom. The van der Waals surface area contributed by atoms with E-state index in [9.17, 15) is 24.3 Å². The zero-order valence-corrected chi connectivity index (χ0v) is 21.9. The Morgan fingerprint density at radius 2 is 1.54 bits per heavy atom. The fraction of sp³-hybridized carbons (Fsp3) is 0.708. The van der Waals surface area contributed by atoms with Gasteiger partial charge in [-0.3, -0.25) is 14.4 Å². The third-order valence-electron chi connectivity index (χ3n) is 6.27. The summed E-state index contributed by atoms with van der Waals surface area (Å²) in [4.78, 5) is 57.5. The van der Waals surface area contributed by atoms with Crippen molar-refractivity contribution in [2.24, 2.45) is 23.1 Å². The molecule has 0 spiro atoms. The van der Waals surface area contributed by atoms with Gasteiger partial charge in [0.15, 0.2) is 0 Å². The smallest absolute Gasteiger partial charge is 0.326 e. The number of amides is 3. The molecule has 210 valence electrons. The molecule has 13 nitrogen and oxygen atoms in total. The number of aromatic nitrogens is 2. The summed E-state index contributed by atoms with van der Waals surface area (Å²) in [6.07, 6.45) is 6.75. The van der Waals surface area contributed by atoms with Crippen LogP contribution in [0.15, 0.2) is 12.5 Å². The van der Waals surface area contributed by atoms with Crippen molar-refractivity contribution in [3.63, 3.8) is 0 Å². The number of imidazole rings is 1. The first-order chi connectivity index (χ1) is 17.6. The molecule has 1 rings (SSSR count). The second-order valence-corrected chi connectivity index (χ2v) is 9.29. The lowest BCUT2D eigenvalue weighted by Gasteiger charge is -2.28. The summed E-state index contributed by atoms with van der Waals surface area (Å²) in [6, 6.07) is -3.93. The van der Waals surface area contributed by atoms with E-state index in [-0.39, 0.29) is 18.8 Å². The lowest BCUT2D eigenvalue weighted by Crippen LogP contribution is -2.58. The van der Waals surface area contributed by atoms with Crippen LogP contribution in [-0.4, -0.2) is 76.0 Å². The van der Waals surface area contributed by atoms with E-state index in [0.717, 1.165) is 0 Å². The Hall–Kier alpha value is -3.03. The molecule has 0 radical (unpaired) electrons. The number of carboxylic acids is 1. The van der Waals surface area contributed by atoms with Crippen LogP contribution in [-0.2, 0) is 25.6 Å². The van der Waals surface area contributed by atoms with Crippen LogP contribution in [0.3, 0.4) is 0 Å². The van der Waals surface area contributed by atoms with Crippen molar-refractivity contribution in [2.75, 3.05) is 13.1 Å². The van der Waals surface area contributed by atoms with Crippen LogP contribution >= 0.6 is 0 Å². The molecular formula is C24H44N8O5. The van der Waals surface area contributed by atoms with E-state index in [4.69, 9.17) is 17.2 Å². The number of aromatic amines is 1. The van der Waals surface area contributed by atoms with Gasteiger partial charge in [-0.15, -0.1) is 0 Å². The predicted octanol–water partition coefficient (Wildman–Crippen LogP) is -0.877. The van der Waals surface area contributed by atoms with Gasteiger partial charge in [-0.2, -0.15) is 0 Å². The molecule has 0 saturated carbocycles. The van der Waals surface area contributed by atoms with E-state index in [2.05, 4.69) is 25.9 Å². The van der Waals surface area contributed by atoms with Crippen molar-refractivity contribution in [3.05, 3.63) is 18.2 Å². The molecular weight excluding hydrogens is 480 g/mol. The summed E-state index contributed by atoms with van der Waals surface area (Å²) in [6.45, 7) is 4.51. The number of unbranched alkanes of at least 4 members (excludes halogenated alkanes) is 2. The van der Waals surface area contributed by atoms with Crippen LogP contribution in [0.2, 0.25) is 0 Å². The Bertz CT molecular complexity index is 835. The number of carbonyl (C=O) groups excluding carboxylic acids is 3. The molecule has 11 N–H and O–H groups in total. The van der Waals surface area contributed by atoms with Crippen LogP contribution in [0.4, 0.5) is 0 Å². The van der Waals surface area contributed by atoms with E-state index < -0.39 is 47.9 Å². The largest absolute Gasteiger partial charge is 0.480 e. The first-order valence-electron chi connectivity index (χ1n) is 12.9. The lowest BCUT2D eigenvalue weighted by atomic mass is 9.96. The molecule has 0 aliphatic carbocycles. The average molecular weight is 525 g/mol. The zero-order valence-electron chi connectivity index (χ0n) is 21.9. The third-order valence-corrected chi connectivity index (χ3v) is 6.27. The Kier molecular flexibility index (Phi) is 15.1. The van der Waals surface area contributed by atoms with E-state index in [1.54, 1.807) is 13.1 Å². The van der Waals surface area contributed by atoms with Gasteiger partial charge in [0.1, 0.15) is 18.1 Å². The van der Waals surface area contributed by atoms with Gasteiger partial charge < -0.3 is 43.2 Å². The number of nitrogens with zero attached hydrogens (tertiary/aromatic N) is 1. The second kappa shape index (κ2) is 17.4. The van der Waals surface area contributed by atoms with Crippen molar-refractivity contribution in [3.8, 4) is 0 Å². The number of carbonyl (C=O) groups is 4. The van der Waals surface area contributed by atoms with Gasteiger partial charge in [0.2, 0.25) is 17.7 Å². The Labute approximate surface area is 218 Å². The van der Waals surface area contributed by atoms with E-state index in [0.29, 0.717) is 57.3 Å². The van der Waals surface area contributed by atoms with Gasteiger partial charge in [-0.05, 0) is 57.5 Å². The third kappa shape index (κ3) is 11.7. The maximum absolute atomic E-state index is 13.3. The minimum Gasteiger partial charge on any atom is -0.480 e. The molecule has 0 bridgehead atoms. The zero-order chi connectivity index (χ0) is 27.8. The topological polar surface area (TPSA) is 231 Å². The highest BCUT2D eigenvalue weighted by atomic mass is 16.4. The van der Waals surface area contributed by atoms with Crippen LogP contribution in [0.1, 0.15) is 64.5 Å². The minimum atomic E-state index is -1.15. The highest BCUT2D eigenvalue weighted by Gasteiger charge is 2.32. The summed E-state index contributed by atoms with van der Waals surface area (Å²) < 4.78 is 0. The van der Waals surface area contributed by atoms with Gasteiger partial charge in [0.25, 0.3) is 0 Å². The van der Waals surface area contributed by atoms with Gasteiger partial charge in [0, 0.05) is 18.3 Å². The summed E-state index contributed by atoms with van der Waals surface area (Å²) in [7, 11) is 0. The molecule has 0 aliphatic rings. The Morgan fingerprint density at radius 3 is 2.05 bits per heavy atom. The van der Waals surface area contributed by atoms with Crippen LogP contribution in [0.25, 0.3) is 0 Å². The first kappa shape index (κ1) is 32.0. The van der Waals surface area contributed by atoms with Crippen molar-refractivity contribution in [1.29, 1.82) is 0 Å². The van der Waals surface area contributed by atoms with Crippen molar-refractivity contribution in [2.45, 2.75) is 89.4 Å². The molecule has 5 atom stereocenters. The molecule has 13 heteroatoms. The maximum Gasteiger partial charge on any atom is 0.326 e. The molecule has 0 aliphatic heterocycles. The van der Waals surface area contributed by atoms with Crippen LogP contribution < -0.4 is 33.2 Å². The van der Waals surface area contributed by atoms with E-state index in [1.807, 2.05) is 6.92 Å². The fourth-order valence-electron chi connectivity index (χ4n) is 3.73. The maximum atomic E-state index is 13.3. The van der Waals surface area contributed by atoms with E-state index >= 15 is 0 Å². The Balaban J connectivity index is 2.94. The van der Waals surface area contributed by atoms with Crippen molar-refractivity contribution >= 4 is 23.7 Å². The number of carboxylic acid groups (broad SMARTS) is 1. The van der Waals surface area contributed by atoms with Crippen LogP contribution in [0, 0.1) is 5.92 Å². The number of aliphatic carboxylic acids is 1. The summed E-state index contributed by atoms with van der Waals surface area (Å²) in [5.74, 6) is -3.10. The fourth-order valence-corrected chi connectivity index (χ4v) is 3.73. The summed E-state index contributed by atoms with van der Waals surface area (Å²) in [5, 5.41) is 17.5. The molecule has 1 heterocycles. The highest BCUT2D eigenvalue weighted by Crippen LogP contribution is 2.11. The quantitative estimate of drug-likeness (QED) is 0.105. The molecule has 0 saturated heterocycles. The van der Waals surface area contributed by atoms with Crippen LogP contribution in [0.5, 0.6) is 0 Å². The molecule has 1 aromatic heterocycles. The normalized spacial score (nSPS) is 15.2. The molecule has 0 aromatic carbocycles. The van der Waals surface area contributed by atoms with Gasteiger partial charge >= 0.3 is 5.97 Å². The number of H-pyrrole nitrogens is 1. The first-order valence-corrected chi connectivity index (χ1v) is 12.9. The number of nitrogens with two attached hydrogens (primary N) is 3. The molecule has 3 amide bonds. The van der Waals surface area contributed by atoms with E-state index in [1.165, 1.54) is 6.33 Å². The van der Waals surface area contributed by atoms with Gasteiger partial charge in [0.05, 0.1) is 12.4 Å². The van der Waals surface area contributed by atoms with Gasteiger partial charge in [-0.1, -0.05) is 20.3 Å². The lowest BCUT2D eigenvalue weighted by molar-refractivity contribution is -0.143. The number of hydrogen-bond acceptors (Lipinski definition) is 8. The SMILES string of the molecule is CCC(C)C(NC(=O)C(CCCCN)NC(=O)C(N)Cc1cnc[nH]1)C(=O)NC(CCCCN)C(=O)O. The number of hydrogen-bond donors (Lipinski definition) is 8. The standard InChI is InChI=1S/C24H44N8O5/c1-3-15(2)20(23(35)31-19(24(36)37)9-5-7-11-26)32-22(34)18(8-4-6-10-25)30-21(33)17(27)12-16-13-28-14-29-16/h13-15,17-20H,3-12,25-27H2,1-2H3,(H,28,29)(H,30,33)(H,31,35)(H,32,34)(H,36,37). The predicted molar refractivity (Wildman–Crippen MR) is 139 cm³/mol. The number of rotatable bonds is 19. The second-order valence-electron chi connectivity index (χ2n) is 9.29.